The Morgan fingerprint density at radius 1 is 1.10 bits per heavy atom. The molecule has 3 heteroatoms. The Hall–Kier alpha value is -2.52. The molecule has 0 spiro atoms. The molecule has 2 nitrogen and oxygen atoms in total. The molecule has 0 unspecified atom stereocenters. The van der Waals surface area contributed by atoms with Crippen molar-refractivity contribution in [2.45, 2.75) is 59.8 Å². The summed E-state index contributed by atoms with van der Waals surface area (Å²) in [5.41, 5.74) is 5.72. The average molecular weight is 411 g/mol. The van der Waals surface area contributed by atoms with Gasteiger partial charge in [-0.15, -0.1) is 0 Å². The first-order valence-electron chi connectivity index (χ1n) is 10.4. The number of aliphatic hydroxyl groups excluding tert-OH is 1. The van der Waals surface area contributed by atoms with E-state index < -0.39 is 0 Å². The smallest absolute Gasteiger partial charge is 0.159 e. The molecular weight excluding hydrogens is 375 g/mol. The number of aliphatic hydroxyl groups is 1. The molecule has 0 aromatic heterocycles. The van der Waals surface area contributed by atoms with Gasteiger partial charge in [0.1, 0.15) is 5.82 Å². The minimum Gasteiger partial charge on any atom is -0.400 e. The highest BCUT2D eigenvalue weighted by Gasteiger charge is 2.25. The molecule has 2 aromatic rings. The fraction of sp³-hybridized carbons (Fsp3) is 0.370. The summed E-state index contributed by atoms with van der Waals surface area (Å²) in [5, 5.41) is 7.00. The molecular formula is C27H35FO2. The Bertz CT molecular complexity index is 883. The lowest BCUT2D eigenvalue weighted by Crippen LogP contribution is -2.21. The number of carbonyl (C=O) groups excluding carboxylic acids is 1. The number of allylic oxidation sites excluding steroid dienone is 4. The van der Waals surface area contributed by atoms with Gasteiger partial charge in [-0.2, -0.15) is 0 Å². The van der Waals surface area contributed by atoms with Crippen LogP contribution in [0, 0.1) is 12.7 Å². The van der Waals surface area contributed by atoms with Crippen molar-refractivity contribution in [1.29, 1.82) is 0 Å². The van der Waals surface area contributed by atoms with Crippen LogP contribution in [0.1, 0.15) is 68.1 Å². The maximum Gasteiger partial charge on any atom is 0.159 e. The van der Waals surface area contributed by atoms with Crippen molar-refractivity contribution >= 4 is 5.78 Å². The molecule has 0 heterocycles. The zero-order chi connectivity index (χ0) is 22.9. The van der Waals surface area contributed by atoms with E-state index in [4.69, 9.17) is 5.11 Å². The second kappa shape index (κ2) is 11.6. The van der Waals surface area contributed by atoms with Gasteiger partial charge < -0.3 is 5.11 Å². The molecule has 0 saturated carbocycles. The van der Waals surface area contributed by atoms with Gasteiger partial charge in [0.25, 0.3) is 0 Å². The van der Waals surface area contributed by atoms with Crippen molar-refractivity contribution in [3.8, 4) is 0 Å². The van der Waals surface area contributed by atoms with E-state index in [1.165, 1.54) is 29.7 Å². The van der Waals surface area contributed by atoms with E-state index in [1.807, 2.05) is 19.1 Å². The Morgan fingerprint density at radius 3 is 2.20 bits per heavy atom. The topological polar surface area (TPSA) is 37.3 Å². The van der Waals surface area contributed by atoms with Gasteiger partial charge in [0.2, 0.25) is 0 Å². The van der Waals surface area contributed by atoms with Crippen molar-refractivity contribution in [3.63, 3.8) is 0 Å². The molecule has 0 amide bonds. The second-order valence-corrected chi connectivity index (χ2v) is 7.92. The lowest BCUT2D eigenvalue weighted by molar-refractivity contribution is 0.101. The normalized spacial score (nSPS) is 12.3. The highest BCUT2D eigenvalue weighted by Crippen LogP contribution is 2.35. The van der Waals surface area contributed by atoms with Gasteiger partial charge in [-0.3, -0.25) is 4.79 Å². The molecule has 1 N–H and O–H groups in total. The number of hydrogen-bond acceptors (Lipinski definition) is 2. The van der Waals surface area contributed by atoms with Crippen LogP contribution in [0.2, 0.25) is 0 Å². The van der Waals surface area contributed by atoms with Gasteiger partial charge in [0.15, 0.2) is 5.78 Å². The van der Waals surface area contributed by atoms with E-state index in [0.717, 1.165) is 19.1 Å². The number of Topliss-reactive ketones (excluding diaryl/α,β-unsaturated/α-hetero) is 1. The monoisotopic (exact) mass is 410 g/mol. The van der Waals surface area contributed by atoms with Crippen molar-refractivity contribution in [1.82, 2.24) is 0 Å². The fourth-order valence-electron chi connectivity index (χ4n) is 3.93. The molecule has 0 saturated heterocycles. The van der Waals surface area contributed by atoms with Crippen molar-refractivity contribution in [3.05, 3.63) is 93.8 Å². The summed E-state index contributed by atoms with van der Waals surface area (Å²) in [6.07, 6.45) is 5.58. The maximum absolute atomic E-state index is 14.4. The summed E-state index contributed by atoms with van der Waals surface area (Å²) in [7, 11) is 1.00. The standard InChI is InChI=1S/C26H31FO.CH4O/c1-7-24(26(5,6)22-13-9-8-10-14-22)18(2)12-11-15-23-19(3)16-21(20(4)28)17-25(23)27;1-2/h8-14,16-17H,7,15H2,1-6H3;2H,1H3/b12-11+,24-18+;. The molecule has 0 bridgehead atoms. The molecule has 162 valence electrons. The lowest BCUT2D eigenvalue weighted by Gasteiger charge is -2.30. The number of aryl methyl sites for hydroxylation is 1. The summed E-state index contributed by atoms with van der Waals surface area (Å²) in [6.45, 7) is 12.1. The SMILES string of the molecule is CC/C(=C(C)\C=C\Cc1c(C)cc(C(C)=O)cc1F)C(C)(C)c1ccccc1.CO. The second-order valence-electron chi connectivity index (χ2n) is 7.92. The van der Waals surface area contributed by atoms with Gasteiger partial charge >= 0.3 is 0 Å². The van der Waals surface area contributed by atoms with Crippen LogP contribution >= 0.6 is 0 Å². The van der Waals surface area contributed by atoms with Crippen molar-refractivity contribution in [2.75, 3.05) is 7.11 Å². The number of carbonyl (C=O) groups is 1. The third kappa shape index (κ3) is 6.24. The van der Waals surface area contributed by atoms with E-state index in [0.29, 0.717) is 17.5 Å². The van der Waals surface area contributed by atoms with Crippen LogP contribution in [0.5, 0.6) is 0 Å². The molecule has 0 aliphatic carbocycles. The van der Waals surface area contributed by atoms with Crippen molar-refractivity contribution < 1.29 is 14.3 Å². The van der Waals surface area contributed by atoms with Gasteiger partial charge in [-0.25, -0.2) is 4.39 Å². The van der Waals surface area contributed by atoms with E-state index in [-0.39, 0.29) is 17.0 Å². The Kier molecular flexibility index (Phi) is 9.88. The van der Waals surface area contributed by atoms with E-state index in [9.17, 15) is 9.18 Å². The summed E-state index contributed by atoms with van der Waals surface area (Å²) in [5.74, 6) is -0.421. The van der Waals surface area contributed by atoms with Gasteiger partial charge in [-0.05, 0) is 62.4 Å². The van der Waals surface area contributed by atoms with Crippen LogP contribution in [0.15, 0.2) is 65.8 Å². The maximum atomic E-state index is 14.4. The number of halogens is 1. The molecule has 0 aliphatic rings. The summed E-state index contributed by atoms with van der Waals surface area (Å²) in [6, 6.07) is 13.6. The fourth-order valence-corrected chi connectivity index (χ4v) is 3.93. The van der Waals surface area contributed by atoms with Crippen LogP contribution in [0.3, 0.4) is 0 Å². The molecule has 0 atom stereocenters. The minimum absolute atomic E-state index is 0.0608. The van der Waals surface area contributed by atoms with Gasteiger partial charge in [-0.1, -0.05) is 74.4 Å². The third-order valence-electron chi connectivity index (χ3n) is 5.59. The van der Waals surface area contributed by atoms with Crippen molar-refractivity contribution in [2.24, 2.45) is 0 Å². The zero-order valence-electron chi connectivity index (χ0n) is 19.3. The Balaban J connectivity index is 0.00000218. The third-order valence-corrected chi connectivity index (χ3v) is 5.59. The molecule has 2 rings (SSSR count). The molecule has 0 aliphatic heterocycles. The minimum atomic E-state index is -0.309. The van der Waals surface area contributed by atoms with E-state index in [2.05, 4.69) is 58.0 Å². The van der Waals surface area contributed by atoms with Crippen LogP contribution in [-0.4, -0.2) is 18.0 Å². The quantitative estimate of drug-likeness (QED) is 0.405. The summed E-state index contributed by atoms with van der Waals surface area (Å²) in [4.78, 5) is 11.5. The van der Waals surface area contributed by atoms with Crippen LogP contribution in [-0.2, 0) is 11.8 Å². The molecule has 30 heavy (non-hydrogen) atoms. The Labute approximate surface area is 181 Å². The van der Waals surface area contributed by atoms with Crippen LogP contribution < -0.4 is 0 Å². The largest absolute Gasteiger partial charge is 0.400 e. The zero-order valence-corrected chi connectivity index (χ0v) is 19.3. The predicted molar refractivity (Wildman–Crippen MR) is 125 cm³/mol. The summed E-state index contributed by atoms with van der Waals surface area (Å²) < 4.78 is 14.4. The first kappa shape index (κ1) is 25.5. The average Bonchev–Trinajstić information content (AvgIpc) is 2.72. The molecule has 0 fully saturated rings. The number of benzene rings is 2. The lowest BCUT2D eigenvalue weighted by atomic mass is 9.74. The van der Waals surface area contributed by atoms with E-state index in [1.54, 1.807) is 6.07 Å². The van der Waals surface area contributed by atoms with Gasteiger partial charge in [0, 0.05) is 18.1 Å². The summed E-state index contributed by atoms with van der Waals surface area (Å²) >= 11 is 0. The number of hydrogen-bond donors (Lipinski definition) is 1. The van der Waals surface area contributed by atoms with Crippen LogP contribution in [0.4, 0.5) is 4.39 Å². The van der Waals surface area contributed by atoms with Crippen LogP contribution in [0.25, 0.3) is 0 Å². The highest BCUT2D eigenvalue weighted by atomic mass is 19.1. The molecule has 0 radical (unpaired) electrons. The first-order chi connectivity index (χ1) is 14.2. The first-order valence-corrected chi connectivity index (χ1v) is 10.4. The van der Waals surface area contributed by atoms with Gasteiger partial charge in [0.05, 0.1) is 0 Å². The highest BCUT2D eigenvalue weighted by molar-refractivity contribution is 5.94. The number of ketones is 1. The predicted octanol–water partition coefficient (Wildman–Crippen LogP) is 6.75. The van der Waals surface area contributed by atoms with E-state index >= 15 is 0 Å². The number of rotatable bonds is 7. The molecule has 2 aromatic carbocycles. The Morgan fingerprint density at radius 2 is 1.70 bits per heavy atom.